The van der Waals surface area contributed by atoms with E-state index in [1.54, 1.807) is 7.05 Å². The minimum absolute atomic E-state index is 0.0169. The maximum atomic E-state index is 11.9. The number of carbonyl (C=O) groups is 1. The largest absolute Gasteiger partial charge is 0.477 e. The van der Waals surface area contributed by atoms with Crippen LogP contribution in [-0.4, -0.2) is 40.8 Å². The molecule has 2 rings (SSSR count). The molecule has 0 atom stereocenters. The molecule has 0 unspecified atom stereocenters. The number of carboxylic acid groups (broad SMARTS) is 1. The number of aromatic carboxylic acids is 1. The van der Waals surface area contributed by atoms with Gasteiger partial charge in [-0.2, -0.15) is 5.10 Å². The highest BCUT2D eigenvalue weighted by atomic mass is 32.2. The molecule has 0 radical (unpaired) electrons. The molecule has 10 heteroatoms. The molecule has 0 aliphatic rings. The molecular formula is C10H12N4O4S2. The number of carboxylic acids is 1. The Hall–Kier alpha value is -1.78. The molecule has 0 aliphatic carbocycles. The second-order valence-electron chi connectivity index (χ2n) is 3.91. The predicted octanol–water partition coefficient (Wildman–Crippen LogP) is 0.0958. The maximum absolute atomic E-state index is 11.9. The molecule has 0 saturated carbocycles. The Labute approximate surface area is 119 Å². The summed E-state index contributed by atoms with van der Waals surface area (Å²) in [6, 6.07) is 2.54. The van der Waals surface area contributed by atoms with Crippen LogP contribution in [0.15, 0.2) is 22.7 Å². The Morgan fingerprint density at radius 1 is 1.50 bits per heavy atom. The van der Waals surface area contributed by atoms with Crippen LogP contribution in [0.25, 0.3) is 0 Å². The first-order valence-electron chi connectivity index (χ1n) is 5.56. The Kier molecular flexibility index (Phi) is 4.16. The standard InChI is InChI=1S/C10H12N4O4S2/c1-14-6-11-8(13-14)4-5-12-20(17,18)9-3-2-7(19-9)10(15)16/h2-3,6,12H,4-5H2,1H3,(H,15,16). The molecule has 20 heavy (non-hydrogen) atoms. The lowest BCUT2D eigenvalue weighted by Crippen LogP contribution is -2.25. The summed E-state index contributed by atoms with van der Waals surface area (Å²) in [5.74, 6) is -0.609. The van der Waals surface area contributed by atoms with Crippen molar-refractivity contribution in [1.29, 1.82) is 0 Å². The van der Waals surface area contributed by atoms with Crippen molar-refractivity contribution in [3.8, 4) is 0 Å². The number of nitrogens with one attached hydrogen (secondary N) is 1. The van der Waals surface area contributed by atoms with Gasteiger partial charge in [0.05, 0.1) is 0 Å². The summed E-state index contributed by atoms with van der Waals surface area (Å²) in [5.41, 5.74) is 0. The number of hydrogen-bond acceptors (Lipinski definition) is 6. The zero-order valence-electron chi connectivity index (χ0n) is 10.5. The first-order chi connectivity index (χ1) is 9.38. The molecule has 0 amide bonds. The van der Waals surface area contributed by atoms with E-state index in [2.05, 4.69) is 14.8 Å². The van der Waals surface area contributed by atoms with Gasteiger partial charge in [0.2, 0.25) is 10.0 Å². The Balaban J connectivity index is 1.98. The fraction of sp³-hybridized carbons (Fsp3) is 0.300. The van der Waals surface area contributed by atoms with Crippen molar-refractivity contribution in [3.05, 3.63) is 29.2 Å². The van der Waals surface area contributed by atoms with E-state index in [1.165, 1.54) is 23.1 Å². The quantitative estimate of drug-likeness (QED) is 0.781. The molecule has 0 saturated heterocycles. The van der Waals surface area contributed by atoms with Crippen LogP contribution in [0, 0.1) is 0 Å². The molecule has 0 fully saturated rings. The monoisotopic (exact) mass is 316 g/mol. The molecule has 2 aromatic rings. The number of rotatable bonds is 6. The Morgan fingerprint density at radius 2 is 2.25 bits per heavy atom. The fourth-order valence-corrected chi connectivity index (χ4v) is 3.67. The van der Waals surface area contributed by atoms with Gasteiger partial charge in [-0.3, -0.25) is 4.68 Å². The van der Waals surface area contributed by atoms with Crippen LogP contribution in [0.2, 0.25) is 0 Å². The second-order valence-corrected chi connectivity index (χ2v) is 6.98. The van der Waals surface area contributed by atoms with Crippen molar-refractivity contribution in [3.63, 3.8) is 0 Å². The lowest BCUT2D eigenvalue weighted by Gasteiger charge is -2.02. The van der Waals surface area contributed by atoms with Gasteiger partial charge >= 0.3 is 5.97 Å². The minimum atomic E-state index is -3.69. The number of aromatic nitrogens is 3. The van der Waals surface area contributed by atoms with Crippen molar-refractivity contribution in [2.45, 2.75) is 10.6 Å². The van der Waals surface area contributed by atoms with E-state index in [0.717, 1.165) is 0 Å². The molecular weight excluding hydrogens is 304 g/mol. The van der Waals surface area contributed by atoms with E-state index in [0.29, 0.717) is 23.6 Å². The number of hydrogen-bond donors (Lipinski definition) is 2. The van der Waals surface area contributed by atoms with Crippen LogP contribution in [-0.2, 0) is 23.5 Å². The van der Waals surface area contributed by atoms with Crippen molar-refractivity contribution in [2.75, 3.05) is 6.54 Å². The zero-order valence-corrected chi connectivity index (χ0v) is 12.1. The van der Waals surface area contributed by atoms with Crippen molar-refractivity contribution >= 4 is 27.3 Å². The number of sulfonamides is 1. The molecule has 0 bridgehead atoms. The minimum Gasteiger partial charge on any atom is -0.477 e. The van der Waals surface area contributed by atoms with E-state index in [-0.39, 0.29) is 15.6 Å². The molecule has 0 aromatic carbocycles. The summed E-state index contributed by atoms with van der Waals surface area (Å²) in [4.78, 5) is 14.7. The fourth-order valence-electron chi connectivity index (χ4n) is 1.45. The van der Waals surface area contributed by atoms with Crippen LogP contribution in [0.4, 0.5) is 0 Å². The average Bonchev–Trinajstić information content (AvgIpc) is 2.98. The number of aryl methyl sites for hydroxylation is 1. The van der Waals surface area contributed by atoms with Gasteiger partial charge in [-0.15, -0.1) is 11.3 Å². The smallest absolute Gasteiger partial charge is 0.345 e. The van der Waals surface area contributed by atoms with Gasteiger partial charge < -0.3 is 5.11 Å². The highest BCUT2D eigenvalue weighted by molar-refractivity contribution is 7.91. The Morgan fingerprint density at radius 3 is 2.80 bits per heavy atom. The summed E-state index contributed by atoms with van der Waals surface area (Å²) >= 11 is 0.713. The summed E-state index contributed by atoms with van der Waals surface area (Å²) in [7, 11) is -1.97. The van der Waals surface area contributed by atoms with E-state index >= 15 is 0 Å². The van der Waals surface area contributed by atoms with Gasteiger partial charge in [-0.05, 0) is 12.1 Å². The molecule has 0 aliphatic heterocycles. The van der Waals surface area contributed by atoms with Crippen molar-refractivity contribution in [1.82, 2.24) is 19.5 Å². The van der Waals surface area contributed by atoms with Crippen LogP contribution < -0.4 is 4.72 Å². The summed E-state index contributed by atoms with van der Waals surface area (Å²) in [5, 5.41) is 12.8. The highest BCUT2D eigenvalue weighted by Crippen LogP contribution is 2.21. The molecule has 0 spiro atoms. The van der Waals surface area contributed by atoms with Crippen LogP contribution in [0.1, 0.15) is 15.5 Å². The number of thiophene rings is 1. The van der Waals surface area contributed by atoms with E-state index < -0.39 is 16.0 Å². The lowest BCUT2D eigenvalue weighted by atomic mass is 10.4. The van der Waals surface area contributed by atoms with Gasteiger partial charge in [0, 0.05) is 20.0 Å². The molecule has 2 aromatic heterocycles. The summed E-state index contributed by atoms with van der Waals surface area (Å²) < 4.78 is 27.7. The molecule has 2 N–H and O–H groups in total. The normalized spacial score (nSPS) is 11.7. The average molecular weight is 316 g/mol. The second kappa shape index (κ2) is 5.69. The maximum Gasteiger partial charge on any atom is 0.345 e. The predicted molar refractivity (Wildman–Crippen MR) is 71.2 cm³/mol. The Bertz CT molecular complexity index is 719. The van der Waals surface area contributed by atoms with Crippen LogP contribution in [0.3, 0.4) is 0 Å². The first-order valence-corrected chi connectivity index (χ1v) is 7.86. The van der Waals surface area contributed by atoms with Crippen LogP contribution >= 0.6 is 11.3 Å². The SMILES string of the molecule is Cn1cnc(CCNS(=O)(=O)c2ccc(C(=O)O)s2)n1. The van der Waals surface area contributed by atoms with E-state index in [1.807, 2.05) is 0 Å². The van der Waals surface area contributed by atoms with Gasteiger partial charge in [-0.25, -0.2) is 22.9 Å². The van der Waals surface area contributed by atoms with Gasteiger partial charge in [0.15, 0.2) is 5.82 Å². The van der Waals surface area contributed by atoms with E-state index in [4.69, 9.17) is 5.11 Å². The first kappa shape index (κ1) is 14.6. The topological polar surface area (TPSA) is 114 Å². The van der Waals surface area contributed by atoms with Gasteiger partial charge in [0.25, 0.3) is 0 Å². The third-order valence-electron chi connectivity index (χ3n) is 2.34. The molecule has 2 heterocycles. The molecule has 108 valence electrons. The third kappa shape index (κ3) is 3.40. The summed E-state index contributed by atoms with van der Waals surface area (Å²) in [6.07, 6.45) is 1.89. The summed E-state index contributed by atoms with van der Waals surface area (Å²) in [6.45, 7) is 0.145. The zero-order chi connectivity index (χ0) is 14.8. The molecule has 8 nitrogen and oxygen atoms in total. The van der Waals surface area contributed by atoms with Gasteiger partial charge in [-0.1, -0.05) is 0 Å². The third-order valence-corrected chi connectivity index (χ3v) is 5.37. The lowest BCUT2D eigenvalue weighted by molar-refractivity contribution is 0.0702. The van der Waals surface area contributed by atoms with Gasteiger partial charge in [0.1, 0.15) is 15.4 Å². The number of nitrogens with zero attached hydrogens (tertiary/aromatic N) is 3. The highest BCUT2D eigenvalue weighted by Gasteiger charge is 2.18. The van der Waals surface area contributed by atoms with Crippen LogP contribution in [0.5, 0.6) is 0 Å². The van der Waals surface area contributed by atoms with Crippen molar-refractivity contribution in [2.24, 2.45) is 7.05 Å². The van der Waals surface area contributed by atoms with E-state index in [9.17, 15) is 13.2 Å². The van der Waals surface area contributed by atoms with Crippen molar-refractivity contribution < 1.29 is 18.3 Å².